The molecule has 0 bridgehead atoms. The van der Waals surface area contributed by atoms with Gasteiger partial charge in [0.15, 0.2) is 0 Å². The first kappa shape index (κ1) is 12.5. The molecule has 2 heterocycles. The fraction of sp³-hybridized carbons (Fsp3) is 0.231. The molecule has 3 rings (SSSR count). The number of hydrogen-bond donors (Lipinski definition) is 1. The predicted molar refractivity (Wildman–Crippen MR) is 69.8 cm³/mol. The van der Waals surface area contributed by atoms with Crippen molar-refractivity contribution in [1.29, 1.82) is 0 Å². The van der Waals surface area contributed by atoms with Gasteiger partial charge in [-0.05, 0) is 12.1 Å². The normalized spacial score (nSPS) is 20.8. The highest BCUT2D eigenvalue weighted by molar-refractivity contribution is 5.41. The Morgan fingerprint density at radius 3 is 2.75 bits per heavy atom. The Morgan fingerprint density at radius 2 is 2.15 bits per heavy atom. The molecular weight excluding hydrogens is 260 g/mol. The molecule has 0 saturated heterocycles. The molecule has 0 spiro atoms. The molecule has 2 aromatic rings. The topological polar surface area (TPSA) is 83.4 Å². The van der Waals surface area contributed by atoms with E-state index in [1.807, 2.05) is 10.8 Å². The van der Waals surface area contributed by atoms with E-state index in [1.54, 1.807) is 36.3 Å². The van der Waals surface area contributed by atoms with Gasteiger partial charge in [-0.25, -0.2) is 9.47 Å². The molecule has 0 amide bonds. The number of likely N-dealkylation sites (N-methyl/N-ethyl adjacent to an activating group) is 1. The van der Waals surface area contributed by atoms with Gasteiger partial charge in [0.1, 0.15) is 12.7 Å². The maximum Gasteiger partial charge on any atom is 0.396 e. The molecule has 1 N–H and O–H groups in total. The quantitative estimate of drug-likeness (QED) is 0.491. The smallest absolute Gasteiger partial charge is 0.353 e. The first-order chi connectivity index (χ1) is 9.52. The van der Waals surface area contributed by atoms with Crippen LogP contribution in [-0.2, 0) is 12.3 Å². The number of nitro benzene ring substituents is 1. The summed E-state index contributed by atoms with van der Waals surface area (Å²) in [6, 6.07) is 7.71. The van der Waals surface area contributed by atoms with Crippen LogP contribution in [0.15, 0.2) is 42.7 Å². The predicted octanol–water partition coefficient (Wildman–Crippen LogP) is 0.572. The third kappa shape index (κ3) is 1.71. The van der Waals surface area contributed by atoms with Crippen molar-refractivity contribution in [2.45, 2.75) is 12.3 Å². The molecule has 1 aliphatic heterocycles. The van der Waals surface area contributed by atoms with Gasteiger partial charge in [0.2, 0.25) is 5.72 Å². The fourth-order valence-electron chi connectivity index (χ4n) is 2.44. The number of nitrogens with zero attached hydrogens (tertiary/aromatic N) is 4. The lowest BCUT2D eigenvalue weighted by molar-refractivity contribution is -0.685. The molecule has 0 radical (unpaired) electrons. The van der Waals surface area contributed by atoms with Gasteiger partial charge in [-0.1, -0.05) is 4.98 Å². The summed E-state index contributed by atoms with van der Waals surface area (Å²) in [5.41, 5.74) is -0.659. The summed E-state index contributed by atoms with van der Waals surface area (Å²) < 4.78 is 1.83. The van der Waals surface area contributed by atoms with Crippen molar-refractivity contribution >= 4 is 11.6 Å². The van der Waals surface area contributed by atoms with E-state index in [4.69, 9.17) is 0 Å². The van der Waals surface area contributed by atoms with Crippen molar-refractivity contribution in [3.8, 4) is 0 Å². The van der Waals surface area contributed by atoms with Crippen LogP contribution >= 0.6 is 0 Å². The van der Waals surface area contributed by atoms with Crippen LogP contribution in [0.3, 0.4) is 0 Å². The number of rotatable bonds is 2. The minimum Gasteiger partial charge on any atom is -0.353 e. The molecule has 0 unspecified atom stereocenters. The molecule has 0 aliphatic carbocycles. The van der Waals surface area contributed by atoms with Crippen LogP contribution < -0.4 is 9.47 Å². The van der Waals surface area contributed by atoms with Crippen molar-refractivity contribution in [3.63, 3.8) is 0 Å². The summed E-state index contributed by atoms with van der Waals surface area (Å²) in [7, 11) is 1.74. The zero-order valence-corrected chi connectivity index (χ0v) is 10.8. The van der Waals surface area contributed by atoms with Crippen LogP contribution in [0, 0.1) is 10.1 Å². The molecule has 1 aliphatic rings. The summed E-state index contributed by atoms with van der Waals surface area (Å²) in [5, 5.41) is 21.6. The molecule has 0 fully saturated rings. The molecule has 0 saturated carbocycles. The number of fused-ring (bicyclic) bond motifs is 1. The summed E-state index contributed by atoms with van der Waals surface area (Å²) in [6.07, 6.45) is 3.49. The average Bonchev–Trinajstić information content (AvgIpc) is 2.72. The van der Waals surface area contributed by atoms with E-state index in [0.717, 1.165) is 0 Å². The molecule has 102 valence electrons. The van der Waals surface area contributed by atoms with E-state index in [0.29, 0.717) is 18.1 Å². The van der Waals surface area contributed by atoms with Crippen LogP contribution in [0.2, 0.25) is 0 Å². The summed E-state index contributed by atoms with van der Waals surface area (Å²) in [5.74, 6) is 0.647. The van der Waals surface area contributed by atoms with Gasteiger partial charge >= 0.3 is 5.95 Å². The number of aliphatic hydroxyl groups is 1. The second kappa shape index (κ2) is 4.24. The lowest BCUT2D eigenvalue weighted by atomic mass is 10.0. The molecule has 7 heteroatoms. The number of nitro groups is 1. The van der Waals surface area contributed by atoms with Crippen molar-refractivity contribution < 1.29 is 14.6 Å². The van der Waals surface area contributed by atoms with E-state index in [9.17, 15) is 15.2 Å². The Bertz CT molecular complexity index is 674. The first-order valence-corrected chi connectivity index (χ1v) is 6.08. The van der Waals surface area contributed by atoms with E-state index >= 15 is 0 Å². The zero-order valence-electron chi connectivity index (χ0n) is 10.8. The summed E-state index contributed by atoms with van der Waals surface area (Å²) in [6.45, 7) is 0.324. The zero-order chi connectivity index (χ0) is 14.3. The largest absolute Gasteiger partial charge is 0.396 e. The first-order valence-electron chi connectivity index (χ1n) is 6.08. The van der Waals surface area contributed by atoms with Gasteiger partial charge in [0.25, 0.3) is 5.69 Å². The monoisotopic (exact) mass is 273 g/mol. The summed E-state index contributed by atoms with van der Waals surface area (Å²) >= 11 is 0. The van der Waals surface area contributed by atoms with Crippen LogP contribution in [0.5, 0.6) is 0 Å². The molecule has 1 aromatic carbocycles. The van der Waals surface area contributed by atoms with E-state index in [1.165, 1.54) is 12.1 Å². The van der Waals surface area contributed by atoms with E-state index < -0.39 is 10.6 Å². The number of benzene rings is 1. The minimum absolute atomic E-state index is 0.00120. The van der Waals surface area contributed by atoms with Crippen molar-refractivity contribution in [3.05, 3.63) is 58.4 Å². The van der Waals surface area contributed by atoms with Gasteiger partial charge in [-0.3, -0.25) is 10.1 Å². The lowest BCUT2D eigenvalue weighted by Crippen LogP contribution is -2.43. The molecular formula is C13H13N4O3+. The SMILES string of the molecule is CN1c2nccc[n+]2C[C@@]1(O)c1ccc([N+](=O)[O-])cc1. The van der Waals surface area contributed by atoms with Crippen molar-refractivity contribution in [2.75, 3.05) is 11.9 Å². The van der Waals surface area contributed by atoms with Gasteiger partial charge in [0, 0.05) is 23.8 Å². The van der Waals surface area contributed by atoms with Crippen molar-refractivity contribution in [1.82, 2.24) is 4.98 Å². The minimum atomic E-state index is -1.25. The fourth-order valence-corrected chi connectivity index (χ4v) is 2.44. The highest BCUT2D eigenvalue weighted by Gasteiger charge is 2.49. The Balaban J connectivity index is 2.00. The maximum atomic E-state index is 10.9. The third-order valence-corrected chi connectivity index (χ3v) is 3.59. The number of anilines is 1. The van der Waals surface area contributed by atoms with Gasteiger partial charge in [-0.2, -0.15) is 0 Å². The van der Waals surface area contributed by atoms with Crippen LogP contribution in [-0.4, -0.2) is 22.1 Å². The maximum absolute atomic E-state index is 10.9. The Labute approximate surface area is 114 Å². The molecule has 1 aromatic heterocycles. The standard InChI is InChI=1S/C13H13N4O3/c1-15-12-14-7-2-8-16(12)9-13(15,18)10-3-5-11(6-4-10)17(19)20/h2-8,18H,9H2,1H3/q+1/t13-/m1/s1. The Hall–Kier alpha value is -2.54. The number of non-ortho nitro benzene ring substituents is 1. The highest BCUT2D eigenvalue weighted by atomic mass is 16.6. The van der Waals surface area contributed by atoms with Crippen LogP contribution in [0.4, 0.5) is 11.6 Å². The van der Waals surface area contributed by atoms with Gasteiger partial charge in [0.05, 0.1) is 18.2 Å². The van der Waals surface area contributed by atoms with Crippen LogP contribution in [0.25, 0.3) is 0 Å². The number of hydrogen-bond acceptors (Lipinski definition) is 5. The Kier molecular flexibility index (Phi) is 2.65. The highest BCUT2D eigenvalue weighted by Crippen LogP contribution is 2.32. The Morgan fingerprint density at radius 1 is 1.45 bits per heavy atom. The van der Waals surface area contributed by atoms with Gasteiger partial charge in [-0.15, -0.1) is 0 Å². The van der Waals surface area contributed by atoms with Crippen molar-refractivity contribution in [2.24, 2.45) is 0 Å². The number of aromatic nitrogens is 2. The third-order valence-electron chi connectivity index (χ3n) is 3.59. The van der Waals surface area contributed by atoms with Gasteiger partial charge < -0.3 is 5.11 Å². The lowest BCUT2D eigenvalue weighted by Gasteiger charge is -2.25. The molecule has 7 nitrogen and oxygen atoms in total. The second-order valence-electron chi connectivity index (χ2n) is 4.73. The van der Waals surface area contributed by atoms with E-state index in [2.05, 4.69) is 4.98 Å². The molecule has 1 atom stereocenters. The average molecular weight is 273 g/mol. The van der Waals surface area contributed by atoms with E-state index in [-0.39, 0.29) is 5.69 Å². The second-order valence-corrected chi connectivity index (χ2v) is 4.73. The molecule has 20 heavy (non-hydrogen) atoms. The van der Waals surface area contributed by atoms with Crippen LogP contribution in [0.1, 0.15) is 5.56 Å². The summed E-state index contributed by atoms with van der Waals surface area (Å²) in [4.78, 5) is 16.1.